The number of phenolic OH excluding ortho intramolecular Hbond substituents is 2. The summed E-state index contributed by atoms with van der Waals surface area (Å²) in [7, 11) is 2.00. The Labute approximate surface area is 256 Å². The van der Waals surface area contributed by atoms with E-state index in [1.54, 1.807) is 48.2 Å². The van der Waals surface area contributed by atoms with Crippen molar-refractivity contribution in [2.45, 2.75) is 18.9 Å². The fourth-order valence-corrected chi connectivity index (χ4v) is 6.64. The van der Waals surface area contributed by atoms with E-state index in [2.05, 4.69) is 4.90 Å². The highest BCUT2D eigenvalue weighted by atomic mass is 19.1. The van der Waals surface area contributed by atoms with Crippen LogP contribution in [0.1, 0.15) is 37.8 Å². The number of piperazine rings is 1. The molecule has 232 valence electrons. The van der Waals surface area contributed by atoms with Crippen LogP contribution in [0, 0.1) is 24.6 Å². The third-order valence-electron chi connectivity index (χ3n) is 9.10. The second-order valence-electron chi connectivity index (χ2n) is 11.9. The van der Waals surface area contributed by atoms with Gasteiger partial charge in [0.05, 0.1) is 0 Å². The van der Waals surface area contributed by atoms with Crippen LogP contribution in [0.3, 0.4) is 0 Å². The first-order valence-corrected chi connectivity index (χ1v) is 14.9. The Kier molecular flexibility index (Phi) is 9.43. The second-order valence-corrected chi connectivity index (χ2v) is 11.9. The first-order valence-electron chi connectivity index (χ1n) is 14.9. The number of rotatable bonds is 8. The van der Waals surface area contributed by atoms with Gasteiger partial charge in [0, 0.05) is 74.7 Å². The number of hydrogen-bond acceptors (Lipinski definition) is 8. The van der Waals surface area contributed by atoms with E-state index in [0.717, 1.165) is 13.1 Å². The Morgan fingerprint density at radius 1 is 0.864 bits per heavy atom. The molecule has 0 saturated carbocycles. The summed E-state index contributed by atoms with van der Waals surface area (Å²) in [5.74, 6) is -3.98. The molecule has 3 atom stereocenters. The number of benzene rings is 3. The zero-order valence-electron chi connectivity index (χ0n) is 25.0. The lowest BCUT2D eigenvalue weighted by Gasteiger charge is -2.46. The average Bonchev–Trinajstić information content (AvgIpc) is 3.02. The van der Waals surface area contributed by atoms with Gasteiger partial charge in [0.2, 0.25) is 5.91 Å². The Morgan fingerprint density at radius 2 is 1.39 bits per heavy atom. The van der Waals surface area contributed by atoms with Gasteiger partial charge in [-0.25, -0.2) is 4.39 Å². The number of piperidine rings is 1. The van der Waals surface area contributed by atoms with Crippen LogP contribution in [0.15, 0.2) is 66.7 Å². The highest BCUT2D eigenvalue weighted by molar-refractivity contribution is 6.02. The topological polar surface area (TPSA) is 127 Å². The van der Waals surface area contributed by atoms with Gasteiger partial charge in [-0.15, -0.1) is 0 Å². The van der Waals surface area contributed by atoms with Crippen LogP contribution < -0.4 is 5.73 Å². The predicted octanol–water partition coefficient (Wildman–Crippen LogP) is 3.04. The maximum absolute atomic E-state index is 15.0. The fraction of sp³-hybridized carbons (Fsp3) is 0.382. The van der Waals surface area contributed by atoms with Crippen molar-refractivity contribution in [3.05, 3.63) is 94.8 Å². The first-order chi connectivity index (χ1) is 21.1. The van der Waals surface area contributed by atoms with Gasteiger partial charge < -0.3 is 25.7 Å². The van der Waals surface area contributed by atoms with E-state index in [0.29, 0.717) is 24.2 Å². The van der Waals surface area contributed by atoms with Gasteiger partial charge in [-0.2, -0.15) is 0 Å². The highest BCUT2D eigenvalue weighted by Crippen LogP contribution is 2.43. The van der Waals surface area contributed by atoms with E-state index in [1.807, 2.05) is 11.9 Å². The Morgan fingerprint density at radius 3 is 1.89 bits per heavy atom. The number of likely N-dealkylation sites (tertiary alicyclic amines) is 1. The van der Waals surface area contributed by atoms with E-state index in [1.165, 1.54) is 30.3 Å². The minimum absolute atomic E-state index is 0.0189. The molecular formula is C34H39FN4O5. The molecule has 3 aromatic carbocycles. The molecule has 0 aromatic heterocycles. The smallest absolute Gasteiger partial charge is 0.241 e. The minimum atomic E-state index is -0.883. The molecule has 2 heterocycles. The monoisotopic (exact) mass is 602 g/mol. The lowest BCUT2D eigenvalue weighted by Crippen LogP contribution is -2.61. The zero-order chi connectivity index (χ0) is 31.5. The summed E-state index contributed by atoms with van der Waals surface area (Å²) in [4.78, 5) is 48.3. The van der Waals surface area contributed by atoms with E-state index < -0.39 is 29.6 Å². The van der Waals surface area contributed by atoms with Crippen LogP contribution in [0.4, 0.5) is 4.39 Å². The maximum atomic E-state index is 15.0. The predicted molar refractivity (Wildman–Crippen MR) is 164 cm³/mol. The zero-order valence-corrected chi connectivity index (χ0v) is 25.0. The molecule has 0 radical (unpaired) electrons. The van der Waals surface area contributed by atoms with Gasteiger partial charge in [-0.3, -0.25) is 19.3 Å². The van der Waals surface area contributed by atoms with Crippen LogP contribution in [-0.2, 0) is 4.79 Å². The molecule has 2 saturated heterocycles. The molecule has 0 aliphatic carbocycles. The molecule has 5 rings (SSSR count). The first kappa shape index (κ1) is 31.3. The van der Waals surface area contributed by atoms with Crippen molar-refractivity contribution in [3.8, 4) is 11.5 Å². The highest BCUT2D eigenvalue weighted by Gasteiger charge is 2.48. The van der Waals surface area contributed by atoms with Crippen molar-refractivity contribution in [2.75, 3.05) is 52.9 Å². The summed E-state index contributed by atoms with van der Waals surface area (Å²) in [6.07, 6.45) is 0. The molecule has 0 unspecified atom stereocenters. The molecule has 0 bridgehead atoms. The minimum Gasteiger partial charge on any atom is -0.508 e. The molecule has 1 amide bonds. The Balaban J connectivity index is 1.63. The molecule has 44 heavy (non-hydrogen) atoms. The number of carbonyl (C=O) groups excluding carboxylic acids is 3. The largest absolute Gasteiger partial charge is 0.508 e. The van der Waals surface area contributed by atoms with E-state index in [-0.39, 0.29) is 59.7 Å². The molecule has 10 heteroatoms. The number of ketones is 2. The van der Waals surface area contributed by atoms with Crippen molar-refractivity contribution in [1.82, 2.24) is 14.7 Å². The average molecular weight is 603 g/mol. The summed E-state index contributed by atoms with van der Waals surface area (Å²) in [5, 5.41) is 20.4. The van der Waals surface area contributed by atoms with Crippen molar-refractivity contribution < 1.29 is 29.0 Å². The molecule has 4 N–H and O–H groups in total. The number of Topliss-reactive ketones (excluding diaryl/α,β-unsaturated/α-hetero) is 2. The number of aromatic hydroxyl groups is 2. The summed E-state index contributed by atoms with van der Waals surface area (Å²) >= 11 is 0. The van der Waals surface area contributed by atoms with Crippen LogP contribution >= 0.6 is 0 Å². The molecule has 0 spiro atoms. The van der Waals surface area contributed by atoms with Gasteiger partial charge in [-0.05, 0) is 55.4 Å². The lowest BCUT2D eigenvalue weighted by molar-refractivity contribution is -0.139. The number of halogens is 1. The molecule has 2 fully saturated rings. The third-order valence-corrected chi connectivity index (χ3v) is 9.10. The SMILES string of the molecule is Cc1c(F)cccc1C1[C@@H](C(=O)c2cccc(O)c2)CN([C@@H](CN)C(=O)N2CCN(C)CC2)C[C@@H]1C(=O)c1cccc(O)c1. The Bertz CT molecular complexity index is 1470. The molecule has 9 nitrogen and oxygen atoms in total. The number of nitrogens with zero attached hydrogens (tertiary/aromatic N) is 3. The fourth-order valence-electron chi connectivity index (χ4n) is 6.64. The number of nitrogens with two attached hydrogens (primary N) is 1. The van der Waals surface area contributed by atoms with E-state index in [4.69, 9.17) is 5.73 Å². The van der Waals surface area contributed by atoms with Crippen LogP contribution in [0.25, 0.3) is 0 Å². The molecule has 3 aromatic rings. The van der Waals surface area contributed by atoms with Crippen LogP contribution in [-0.4, -0.2) is 101 Å². The number of hydrogen-bond donors (Lipinski definition) is 3. The summed E-state index contributed by atoms with van der Waals surface area (Å²) in [6, 6.07) is 15.9. The van der Waals surface area contributed by atoms with Gasteiger partial charge in [0.15, 0.2) is 11.6 Å². The number of phenols is 2. The van der Waals surface area contributed by atoms with E-state index in [9.17, 15) is 24.6 Å². The molecular weight excluding hydrogens is 563 g/mol. The normalized spacial score (nSPS) is 20.8. The van der Waals surface area contributed by atoms with Gasteiger partial charge >= 0.3 is 0 Å². The van der Waals surface area contributed by atoms with E-state index >= 15 is 4.39 Å². The van der Waals surface area contributed by atoms with Gasteiger partial charge in [0.1, 0.15) is 23.4 Å². The van der Waals surface area contributed by atoms with Crippen LogP contribution in [0.2, 0.25) is 0 Å². The lowest BCUT2D eigenvalue weighted by atomic mass is 9.67. The van der Waals surface area contributed by atoms with Crippen molar-refractivity contribution in [1.29, 1.82) is 0 Å². The Hall–Kier alpha value is -4.12. The van der Waals surface area contributed by atoms with Crippen molar-refractivity contribution in [3.63, 3.8) is 0 Å². The molecule has 2 aliphatic heterocycles. The number of carbonyl (C=O) groups is 3. The molecule has 2 aliphatic rings. The summed E-state index contributed by atoms with van der Waals surface area (Å²) in [5.41, 5.74) is 7.59. The number of amides is 1. The second kappa shape index (κ2) is 13.3. The van der Waals surface area contributed by atoms with Gasteiger partial charge in [0.25, 0.3) is 0 Å². The third kappa shape index (κ3) is 6.38. The van der Waals surface area contributed by atoms with Crippen LogP contribution in [0.5, 0.6) is 11.5 Å². The van der Waals surface area contributed by atoms with Crippen molar-refractivity contribution >= 4 is 17.5 Å². The summed E-state index contributed by atoms with van der Waals surface area (Å²) in [6.45, 7) is 4.34. The number of likely N-dealkylation sites (N-methyl/N-ethyl adjacent to an activating group) is 1. The van der Waals surface area contributed by atoms with Gasteiger partial charge in [-0.1, -0.05) is 36.4 Å². The quantitative estimate of drug-likeness (QED) is 0.336. The van der Waals surface area contributed by atoms with Crippen molar-refractivity contribution in [2.24, 2.45) is 17.6 Å². The summed E-state index contributed by atoms with van der Waals surface area (Å²) < 4.78 is 15.0. The maximum Gasteiger partial charge on any atom is 0.241 e. The standard InChI is InChI=1S/C34H39FN4O5/c1-21-26(10-5-11-29(21)35)31-27(32(42)22-6-3-8-24(40)16-22)19-39(20-28(31)33(43)23-7-4-9-25(41)17-23)30(18-36)34(44)38-14-12-37(2)13-15-38/h3-11,16-17,27-28,30-31,40-41H,12-15,18-20,36H2,1-2H3/t27-,28-,30-/m0/s1.